The van der Waals surface area contributed by atoms with Crippen molar-refractivity contribution in [3.05, 3.63) is 17.7 Å². The minimum Gasteiger partial charge on any atom is -0.332 e. The van der Waals surface area contributed by atoms with Crippen LogP contribution in [0.2, 0.25) is 0 Å². The molecule has 0 bridgehead atoms. The van der Waals surface area contributed by atoms with E-state index in [9.17, 15) is 0 Å². The summed E-state index contributed by atoms with van der Waals surface area (Å²) in [4.78, 5) is 4.55. The number of hydrogen-bond acceptors (Lipinski definition) is 2. The first-order valence-electron chi connectivity index (χ1n) is 5.16. The van der Waals surface area contributed by atoms with Gasteiger partial charge in [0.25, 0.3) is 0 Å². The largest absolute Gasteiger partial charge is 0.332 e. The zero-order valence-corrected chi connectivity index (χ0v) is 10.6. The van der Waals surface area contributed by atoms with E-state index >= 15 is 0 Å². The van der Waals surface area contributed by atoms with Gasteiger partial charge in [0.2, 0.25) is 0 Å². The fourth-order valence-corrected chi connectivity index (χ4v) is 2.04. The van der Waals surface area contributed by atoms with Crippen molar-refractivity contribution in [1.82, 2.24) is 9.55 Å². The molecule has 0 aromatic carbocycles. The Hall–Kier alpha value is -0.440. The van der Waals surface area contributed by atoms with Gasteiger partial charge in [-0.3, -0.25) is 0 Å². The molecule has 0 aliphatic heterocycles. The number of aromatic nitrogens is 2. The van der Waals surface area contributed by atoms with Crippen molar-refractivity contribution in [1.29, 1.82) is 0 Å². The zero-order chi connectivity index (χ0) is 10.7. The van der Waals surface area contributed by atoms with E-state index in [0.29, 0.717) is 11.3 Å². The average molecular weight is 212 g/mol. The lowest BCUT2D eigenvalue weighted by Gasteiger charge is -2.07. The van der Waals surface area contributed by atoms with Gasteiger partial charge in [-0.15, -0.1) is 0 Å². The molecular weight excluding hydrogens is 192 g/mol. The highest BCUT2D eigenvalue weighted by Gasteiger charge is 2.07. The molecule has 0 radical (unpaired) electrons. The van der Waals surface area contributed by atoms with Crippen molar-refractivity contribution >= 4 is 11.8 Å². The molecule has 0 N–H and O–H groups in total. The van der Waals surface area contributed by atoms with E-state index < -0.39 is 0 Å². The summed E-state index contributed by atoms with van der Waals surface area (Å²) in [5, 5.41) is 0.680. The van der Waals surface area contributed by atoms with E-state index in [0.717, 1.165) is 11.6 Å². The molecule has 0 amide bonds. The topological polar surface area (TPSA) is 17.8 Å². The molecule has 14 heavy (non-hydrogen) atoms. The van der Waals surface area contributed by atoms with Crippen LogP contribution >= 0.6 is 11.8 Å². The quantitative estimate of drug-likeness (QED) is 0.761. The molecule has 0 unspecified atom stereocenters. The lowest BCUT2D eigenvalue weighted by Crippen LogP contribution is -2.00. The Morgan fingerprint density at radius 1 is 1.36 bits per heavy atom. The van der Waals surface area contributed by atoms with Crippen LogP contribution in [0.1, 0.15) is 45.3 Å². The van der Waals surface area contributed by atoms with E-state index in [1.165, 1.54) is 5.69 Å². The molecule has 2 nitrogen and oxygen atoms in total. The number of aryl methyl sites for hydroxylation is 1. The highest BCUT2D eigenvalue weighted by atomic mass is 32.2. The van der Waals surface area contributed by atoms with Gasteiger partial charge in [-0.05, 0) is 26.0 Å². The molecule has 0 fully saturated rings. The summed E-state index contributed by atoms with van der Waals surface area (Å²) in [7, 11) is 0. The summed E-state index contributed by atoms with van der Waals surface area (Å²) >= 11 is 1.94. The summed E-state index contributed by atoms with van der Waals surface area (Å²) in [5.74, 6) is 2.15. The third kappa shape index (κ3) is 3.05. The molecule has 0 saturated heterocycles. The first-order chi connectivity index (χ1) is 6.50. The number of nitrogens with zero attached hydrogens (tertiary/aromatic N) is 2. The fraction of sp³-hybridized carbons (Fsp3) is 0.727. The molecule has 80 valence electrons. The zero-order valence-electron chi connectivity index (χ0n) is 9.74. The maximum Gasteiger partial charge on any atom is 0.106 e. The van der Waals surface area contributed by atoms with Gasteiger partial charge in [0.15, 0.2) is 0 Å². The average Bonchev–Trinajstić information content (AvgIpc) is 2.43. The van der Waals surface area contributed by atoms with Crippen LogP contribution in [0.25, 0.3) is 0 Å². The standard InChI is InChI=1S/C11H20N2S/c1-8(2)13-6-11(12-10(13)5)7-14-9(3)4/h6,8-9H,7H2,1-5H3. The van der Waals surface area contributed by atoms with Crippen molar-refractivity contribution in [2.24, 2.45) is 0 Å². The van der Waals surface area contributed by atoms with Crippen LogP contribution in [0.3, 0.4) is 0 Å². The minimum atomic E-state index is 0.514. The van der Waals surface area contributed by atoms with E-state index in [-0.39, 0.29) is 0 Å². The molecule has 3 heteroatoms. The Bertz CT molecular complexity index is 289. The van der Waals surface area contributed by atoms with E-state index in [2.05, 4.69) is 50.4 Å². The van der Waals surface area contributed by atoms with Crippen molar-refractivity contribution in [2.75, 3.05) is 0 Å². The van der Waals surface area contributed by atoms with Crippen molar-refractivity contribution < 1.29 is 0 Å². The summed E-state index contributed by atoms with van der Waals surface area (Å²) in [5.41, 5.74) is 1.20. The minimum absolute atomic E-state index is 0.514. The van der Waals surface area contributed by atoms with Crippen molar-refractivity contribution in [3.63, 3.8) is 0 Å². The normalized spacial score (nSPS) is 11.6. The molecule has 0 saturated carbocycles. The third-order valence-corrected chi connectivity index (χ3v) is 3.22. The number of rotatable bonds is 4. The van der Waals surface area contributed by atoms with Crippen LogP contribution in [0, 0.1) is 6.92 Å². The van der Waals surface area contributed by atoms with Crippen LogP contribution in [-0.4, -0.2) is 14.8 Å². The van der Waals surface area contributed by atoms with Gasteiger partial charge in [0, 0.05) is 18.0 Å². The van der Waals surface area contributed by atoms with E-state index in [1.54, 1.807) is 0 Å². The Morgan fingerprint density at radius 2 is 2.00 bits per heavy atom. The monoisotopic (exact) mass is 212 g/mol. The molecule has 0 aliphatic rings. The van der Waals surface area contributed by atoms with Crippen LogP contribution in [0.4, 0.5) is 0 Å². The van der Waals surface area contributed by atoms with Gasteiger partial charge in [-0.25, -0.2) is 4.98 Å². The SMILES string of the molecule is Cc1nc(CSC(C)C)cn1C(C)C. The first-order valence-corrected chi connectivity index (χ1v) is 6.21. The third-order valence-electron chi connectivity index (χ3n) is 2.09. The molecule has 1 aromatic heterocycles. The van der Waals surface area contributed by atoms with E-state index in [4.69, 9.17) is 0 Å². The van der Waals surface area contributed by atoms with Gasteiger partial charge < -0.3 is 4.57 Å². The Kier molecular flexibility index (Phi) is 4.05. The lowest BCUT2D eigenvalue weighted by atomic mass is 10.4. The smallest absolute Gasteiger partial charge is 0.106 e. The van der Waals surface area contributed by atoms with Crippen LogP contribution in [0.15, 0.2) is 6.20 Å². The summed E-state index contributed by atoms with van der Waals surface area (Å²) in [6.07, 6.45) is 2.18. The van der Waals surface area contributed by atoms with Crippen LogP contribution in [-0.2, 0) is 5.75 Å². The fourth-order valence-electron chi connectivity index (χ4n) is 1.39. The summed E-state index contributed by atoms with van der Waals surface area (Å²) < 4.78 is 2.23. The molecular formula is C11H20N2S. The molecule has 1 rings (SSSR count). The molecule has 0 atom stereocenters. The van der Waals surface area contributed by atoms with Crippen LogP contribution in [0.5, 0.6) is 0 Å². The van der Waals surface area contributed by atoms with Crippen molar-refractivity contribution in [2.45, 2.75) is 51.7 Å². The van der Waals surface area contributed by atoms with Gasteiger partial charge in [-0.1, -0.05) is 13.8 Å². The van der Waals surface area contributed by atoms with Gasteiger partial charge in [-0.2, -0.15) is 11.8 Å². The summed E-state index contributed by atoms with van der Waals surface area (Å²) in [6, 6.07) is 0.514. The molecule has 1 aromatic rings. The van der Waals surface area contributed by atoms with Crippen molar-refractivity contribution in [3.8, 4) is 0 Å². The van der Waals surface area contributed by atoms with Gasteiger partial charge >= 0.3 is 0 Å². The van der Waals surface area contributed by atoms with Gasteiger partial charge in [0.05, 0.1) is 5.69 Å². The second-order valence-corrected chi connectivity index (χ2v) is 5.71. The predicted octanol–water partition coefficient (Wildman–Crippen LogP) is 3.41. The maximum atomic E-state index is 4.55. The second kappa shape index (κ2) is 4.87. The maximum absolute atomic E-state index is 4.55. The molecule has 0 aliphatic carbocycles. The Balaban J connectivity index is 2.66. The first kappa shape index (κ1) is 11.6. The number of thioether (sulfide) groups is 1. The molecule has 1 heterocycles. The highest BCUT2D eigenvalue weighted by Crippen LogP contribution is 2.18. The Morgan fingerprint density at radius 3 is 2.43 bits per heavy atom. The lowest BCUT2D eigenvalue weighted by molar-refractivity contribution is 0.582. The summed E-state index contributed by atoms with van der Waals surface area (Å²) in [6.45, 7) is 10.9. The number of hydrogen-bond donors (Lipinski definition) is 0. The van der Waals surface area contributed by atoms with E-state index in [1.807, 2.05) is 11.8 Å². The van der Waals surface area contributed by atoms with Gasteiger partial charge in [0.1, 0.15) is 5.82 Å². The number of imidazole rings is 1. The second-order valence-electron chi connectivity index (χ2n) is 4.14. The molecule has 0 spiro atoms. The Labute approximate surface area is 91.1 Å². The van der Waals surface area contributed by atoms with Crippen LogP contribution < -0.4 is 0 Å². The predicted molar refractivity (Wildman–Crippen MR) is 63.8 cm³/mol. The highest BCUT2D eigenvalue weighted by molar-refractivity contribution is 7.99.